The number of H-pyrrole nitrogens is 1. The third-order valence-corrected chi connectivity index (χ3v) is 9.56. The van der Waals surface area contributed by atoms with Crippen molar-refractivity contribution in [2.24, 2.45) is 11.3 Å². The number of nitrogens with one attached hydrogen (secondary N) is 1. The zero-order chi connectivity index (χ0) is 21.9. The van der Waals surface area contributed by atoms with Crippen molar-refractivity contribution in [2.45, 2.75) is 68.4 Å². The van der Waals surface area contributed by atoms with Crippen molar-refractivity contribution in [1.29, 1.82) is 0 Å². The molecule has 0 aliphatic heterocycles. The molecule has 5 rings (SSSR count). The quantitative estimate of drug-likeness (QED) is 0.448. The highest BCUT2D eigenvalue weighted by molar-refractivity contribution is 6.21. The Morgan fingerprint density at radius 3 is 2.53 bits per heavy atom. The maximum Gasteiger partial charge on any atom is 0.0868 e. The van der Waals surface area contributed by atoms with Crippen molar-refractivity contribution < 1.29 is 5.11 Å². The summed E-state index contributed by atoms with van der Waals surface area (Å²) in [4.78, 5) is 3.70. The average Bonchev–Trinajstić information content (AvgIpc) is 3.08. The van der Waals surface area contributed by atoms with Crippen LogP contribution >= 0.6 is 11.6 Å². The molecule has 1 aromatic carbocycles. The van der Waals surface area contributed by atoms with Crippen molar-refractivity contribution in [3.63, 3.8) is 0 Å². The molecule has 1 saturated carbocycles. The van der Waals surface area contributed by atoms with Crippen molar-refractivity contribution in [2.75, 3.05) is 7.05 Å². The molecule has 2 aromatic rings. The van der Waals surface area contributed by atoms with Crippen LogP contribution in [-0.4, -0.2) is 28.1 Å². The molecule has 160 valence electrons. The fraction of sp³-hybridized carbons (Fsp3) is 0.538. The minimum Gasteiger partial charge on any atom is -0.653 e. The first-order valence-electron chi connectivity index (χ1n) is 10.9. The van der Waals surface area contributed by atoms with Gasteiger partial charge in [0.25, 0.3) is 0 Å². The van der Waals surface area contributed by atoms with Crippen LogP contribution in [0.4, 0.5) is 0 Å². The Balaban J connectivity index is 2.06. The molecule has 0 amide bonds. The Kier molecular flexibility index (Phi) is 3.81. The largest absolute Gasteiger partial charge is 0.653 e. The van der Waals surface area contributed by atoms with Crippen LogP contribution in [-0.2, 0) is 16.4 Å². The zero-order valence-electron chi connectivity index (χ0n) is 18.8. The second-order valence-corrected chi connectivity index (χ2v) is 11.4. The predicted molar refractivity (Wildman–Crippen MR) is 125 cm³/mol. The number of halogens is 1. The minimum atomic E-state index is -1.20. The minimum absolute atomic E-state index is 0.0876. The summed E-state index contributed by atoms with van der Waals surface area (Å²) < 4.78 is 0. The molecule has 3 nitrogen and oxygen atoms in total. The number of rotatable bonds is 2. The molecular formula is C26H32ClN2O-. The summed E-state index contributed by atoms with van der Waals surface area (Å²) in [5.74, 6) is -0.0876. The molecule has 30 heavy (non-hydrogen) atoms. The second-order valence-electron chi connectivity index (χ2n) is 10.9. The SMILES string of the molecule is C=CC1(C)C(Cl)CC2C(C)(C)c3cccc4[nH]c5c(c34)C2(O)C1([N-]C)C=CC5(C)C. The zero-order valence-corrected chi connectivity index (χ0v) is 19.6. The molecule has 1 aromatic heterocycles. The Bertz CT molecular complexity index is 1110. The van der Waals surface area contributed by atoms with Crippen LogP contribution in [0.3, 0.4) is 0 Å². The molecule has 2 N–H and O–H groups in total. The van der Waals surface area contributed by atoms with E-state index in [9.17, 15) is 5.11 Å². The molecule has 1 heterocycles. The maximum absolute atomic E-state index is 13.1. The van der Waals surface area contributed by atoms with Crippen LogP contribution in [0.1, 0.15) is 57.9 Å². The van der Waals surface area contributed by atoms with Gasteiger partial charge in [0, 0.05) is 38.9 Å². The molecular weight excluding hydrogens is 392 g/mol. The Hall–Kier alpha value is -1.55. The fourth-order valence-electron chi connectivity index (χ4n) is 7.04. The third kappa shape index (κ3) is 1.88. The molecule has 0 bridgehead atoms. The number of hydrogen-bond donors (Lipinski definition) is 2. The van der Waals surface area contributed by atoms with E-state index in [0.29, 0.717) is 6.42 Å². The summed E-state index contributed by atoms with van der Waals surface area (Å²) in [6, 6.07) is 6.46. The molecule has 5 atom stereocenters. The van der Waals surface area contributed by atoms with Crippen molar-refractivity contribution in [3.8, 4) is 0 Å². The van der Waals surface area contributed by atoms with Gasteiger partial charge in [-0.25, -0.2) is 0 Å². The highest BCUT2D eigenvalue weighted by Crippen LogP contribution is 2.70. The Morgan fingerprint density at radius 1 is 1.20 bits per heavy atom. The monoisotopic (exact) mass is 423 g/mol. The van der Waals surface area contributed by atoms with Gasteiger partial charge in [-0.2, -0.15) is 7.05 Å². The first kappa shape index (κ1) is 20.4. The third-order valence-electron chi connectivity index (χ3n) is 8.93. The summed E-state index contributed by atoms with van der Waals surface area (Å²) in [7, 11) is 1.82. The first-order valence-corrected chi connectivity index (χ1v) is 11.3. The van der Waals surface area contributed by atoms with Crippen molar-refractivity contribution in [1.82, 2.24) is 4.98 Å². The highest BCUT2D eigenvalue weighted by atomic mass is 35.5. The summed E-state index contributed by atoms with van der Waals surface area (Å²) in [6.45, 7) is 15.2. The average molecular weight is 424 g/mol. The van der Waals surface area contributed by atoms with Gasteiger partial charge in [-0.1, -0.05) is 70.5 Å². The van der Waals surface area contributed by atoms with E-state index >= 15 is 0 Å². The van der Waals surface area contributed by atoms with Gasteiger partial charge in [-0.05, 0) is 28.9 Å². The van der Waals surface area contributed by atoms with Crippen LogP contribution in [0.2, 0.25) is 0 Å². The number of benzene rings is 1. The lowest BCUT2D eigenvalue weighted by molar-refractivity contribution is -0.145. The standard InChI is InChI=1S/C26H32ClN2O/c1-8-24(6)18(27)14-17-23(4,5)15-10-9-11-16-19(15)20-21(29-16)22(2,3)12-13-25(24,28-7)26(17,20)30/h8-13,17-18,29-30H,1,14H2,2-7H3/q-1. The molecule has 4 heteroatoms. The van der Waals surface area contributed by atoms with Gasteiger partial charge in [0.05, 0.1) is 5.60 Å². The van der Waals surface area contributed by atoms with Gasteiger partial charge in [0.1, 0.15) is 0 Å². The van der Waals surface area contributed by atoms with Crippen molar-refractivity contribution >= 4 is 22.5 Å². The normalized spacial score (nSPS) is 40.3. The first-order chi connectivity index (χ1) is 13.9. The van der Waals surface area contributed by atoms with Crippen LogP contribution in [0.25, 0.3) is 16.2 Å². The van der Waals surface area contributed by atoms with E-state index in [1.54, 1.807) is 0 Å². The van der Waals surface area contributed by atoms with Gasteiger partial charge in [0.15, 0.2) is 0 Å². The van der Waals surface area contributed by atoms with Crippen molar-refractivity contribution in [3.05, 3.63) is 65.1 Å². The van der Waals surface area contributed by atoms with E-state index in [0.717, 1.165) is 22.2 Å². The van der Waals surface area contributed by atoms with Gasteiger partial charge >= 0.3 is 0 Å². The van der Waals surface area contributed by atoms with E-state index in [1.165, 1.54) is 5.56 Å². The summed E-state index contributed by atoms with van der Waals surface area (Å²) >= 11 is 7.14. The number of aromatic amines is 1. The van der Waals surface area contributed by atoms with E-state index in [4.69, 9.17) is 16.9 Å². The van der Waals surface area contributed by atoms with Gasteiger partial charge in [-0.3, -0.25) is 0 Å². The number of likely N-dealkylation sites (N-methyl/N-ethyl adjacent to an activating group) is 1. The van der Waals surface area contributed by atoms with Crippen LogP contribution in [0, 0.1) is 11.3 Å². The molecule has 0 spiro atoms. The van der Waals surface area contributed by atoms with E-state index in [-0.39, 0.29) is 22.1 Å². The van der Waals surface area contributed by atoms with Crippen LogP contribution in [0.5, 0.6) is 0 Å². The van der Waals surface area contributed by atoms with Gasteiger partial charge in [-0.15, -0.1) is 18.2 Å². The molecule has 3 aliphatic rings. The maximum atomic E-state index is 13.1. The van der Waals surface area contributed by atoms with E-state index in [2.05, 4.69) is 76.5 Å². The molecule has 1 fully saturated rings. The predicted octanol–water partition coefficient (Wildman–Crippen LogP) is 6.06. The topological polar surface area (TPSA) is 50.1 Å². The number of hydrogen-bond acceptors (Lipinski definition) is 1. The second kappa shape index (κ2) is 5.62. The highest BCUT2D eigenvalue weighted by Gasteiger charge is 2.68. The number of nitrogens with zero attached hydrogens (tertiary/aromatic N) is 1. The number of alkyl halides is 1. The molecule has 5 unspecified atom stereocenters. The Labute approximate surface area is 184 Å². The molecule has 3 aliphatic carbocycles. The number of aromatic nitrogens is 1. The summed E-state index contributed by atoms with van der Waals surface area (Å²) in [5.41, 5.74) is 1.17. The summed E-state index contributed by atoms with van der Waals surface area (Å²) in [6.07, 6.45) is 6.96. The van der Waals surface area contributed by atoms with E-state index in [1.807, 2.05) is 13.1 Å². The Morgan fingerprint density at radius 2 is 1.90 bits per heavy atom. The summed E-state index contributed by atoms with van der Waals surface area (Å²) in [5, 5.41) is 19.0. The molecule has 0 saturated heterocycles. The lowest BCUT2D eigenvalue weighted by atomic mass is 9.43. The smallest absolute Gasteiger partial charge is 0.0868 e. The fourth-order valence-corrected chi connectivity index (χ4v) is 7.48. The lowest BCUT2D eigenvalue weighted by Crippen LogP contribution is -2.71. The molecule has 0 radical (unpaired) electrons. The lowest BCUT2D eigenvalue weighted by Gasteiger charge is -2.72. The van der Waals surface area contributed by atoms with Gasteiger partial charge in [0.2, 0.25) is 0 Å². The number of aliphatic hydroxyl groups is 1. The van der Waals surface area contributed by atoms with Crippen LogP contribution < -0.4 is 0 Å². The van der Waals surface area contributed by atoms with Crippen LogP contribution in [0.15, 0.2) is 43.0 Å². The van der Waals surface area contributed by atoms with Gasteiger partial charge < -0.3 is 15.4 Å². The van der Waals surface area contributed by atoms with E-state index < -0.39 is 16.6 Å². The number of allylic oxidation sites excluding steroid dienone is 1.